The molecule has 3 N–H and O–H groups in total. The molecule has 0 saturated carbocycles. The topological polar surface area (TPSA) is 38.0 Å². The molecule has 88 valence electrons. The average molecular weight is 226 g/mol. The Bertz CT molecular complexity index is 501. The van der Waals surface area contributed by atoms with Gasteiger partial charge in [0.1, 0.15) is 0 Å². The Kier molecular flexibility index (Phi) is 3.33. The first-order valence-electron chi connectivity index (χ1n) is 5.81. The number of benzene rings is 2. The second-order valence-electron chi connectivity index (χ2n) is 4.36. The highest BCUT2D eigenvalue weighted by molar-refractivity contribution is 5.62. The lowest BCUT2D eigenvalue weighted by atomic mass is 10.1. The highest BCUT2D eigenvalue weighted by Gasteiger charge is 2.00. The Labute approximate surface area is 102 Å². The Morgan fingerprint density at radius 1 is 1.00 bits per heavy atom. The van der Waals surface area contributed by atoms with Crippen LogP contribution in [0.2, 0.25) is 0 Å². The first-order valence-corrected chi connectivity index (χ1v) is 5.81. The van der Waals surface area contributed by atoms with Gasteiger partial charge in [-0.05, 0) is 37.1 Å². The number of nitrogens with two attached hydrogens (primary N) is 1. The minimum Gasteiger partial charge on any atom is -0.398 e. The lowest BCUT2D eigenvalue weighted by Crippen LogP contribution is -2.02. The van der Waals surface area contributed by atoms with Gasteiger partial charge in [0, 0.05) is 17.9 Å². The molecular weight excluding hydrogens is 208 g/mol. The number of rotatable bonds is 3. The summed E-state index contributed by atoms with van der Waals surface area (Å²) in [5.41, 5.74) is 11.5. The molecule has 2 heteroatoms. The van der Waals surface area contributed by atoms with Crippen molar-refractivity contribution in [2.45, 2.75) is 20.4 Å². The maximum Gasteiger partial charge on any atom is 0.0400 e. The van der Waals surface area contributed by atoms with E-state index in [-0.39, 0.29) is 0 Å². The van der Waals surface area contributed by atoms with Crippen molar-refractivity contribution in [2.24, 2.45) is 0 Å². The van der Waals surface area contributed by atoms with E-state index in [9.17, 15) is 0 Å². The molecule has 0 radical (unpaired) electrons. The number of nitrogen functional groups attached to an aromatic ring is 1. The van der Waals surface area contributed by atoms with Crippen molar-refractivity contribution < 1.29 is 0 Å². The summed E-state index contributed by atoms with van der Waals surface area (Å²) < 4.78 is 0. The lowest BCUT2D eigenvalue weighted by molar-refractivity contribution is 1.14. The van der Waals surface area contributed by atoms with Gasteiger partial charge in [0.25, 0.3) is 0 Å². The summed E-state index contributed by atoms with van der Waals surface area (Å²) in [6.07, 6.45) is 0. The molecule has 2 aromatic carbocycles. The van der Waals surface area contributed by atoms with Crippen LogP contribution in [0.15, 0.2) is 42.5 Å². The molecule has 0 heterocycles. The first kappa shape index (κ1) is 11.5. The Morgan fingerprint density at radius 2 is 1.71 bits per heavy atom. The second kappa shape index (κ2) is 4.91. The standard InChI is InChI=1S/C15H18N2/c1-11-6-8-13(9-7-11)10-17-15-5-3-4-14(16)12(15)2/h3-9,17H,10,16H2,1-2H3. The zero-order chi connectivity index (χ0) is 12.3. The Hall–Kier alpha value is -1.96. The van der Waals surface area contributed by atoms with Gasteiger partial charge in [-0.3, -0.25) is 0 Å². The summed E-state index contributed by atoms with van der Waals surface area (Å²) in [5, 5.41) is 3.41. The van der Waals surface area contributed by atoms with Gasteiger partial charge in [-0.1, -0.05) is 35.9 Å². The van der Waals surface area contributed by atoms with Crippen molar-refractivity contribution >= 4 is 11.4 Å². The quantitative estimate of drug-likeness (QED) is 0.786. The minimum absolute atomic E-state index is 0.824. The van der Waals surface area contributed by atoms with Crippen LogP contribution in [0.25, 0.3) is 0 Å². The van der Waals surface area contributed by atoms with Crippen molar-refractivity contribution in [1.29, 1.82) is 0 Å². The maximum absolute atomic E-state index is 5.87. The van der Waals surface area contributed by atoms with E-state index in [0.717, 1.165) is 23.5 Å². The number of aryl methyl sites for hydroxylation is 1. The smallest absolute Gasteiger partial charge is 0.0400 e. The number of anilines is 2. The molecule has 0 aromatic heterocycles. The van der Waals surface area contributed by atoms with E-state index in [1.165, 1.54) is 11.1 Å². The van der Waals surface area contributed by atoms with E-state index < -0.39 is 0 Å². The van der Waals surface area contributed by atoms with Gasteiger partial charge in [0.15, 0.2) is 0 Å². The van der Waals surface area contributed by atoms with E-state index in [0.29, 0.717) is 0 Å². The van der Waals surface area contributed by atoms with Gasteiger partial charge in [-0.2, -0.15) is 0 Å². The molecule has 2 nitrogen and oxygen atoms in total. The monoisotopic (exact) mass is 226 g/mol. The van der Waals surface area contributed by atoms with Gasteiger partial charge in [-0.25, -0.2) is 0 Å². The van der Waals surface area contributed by atoms with Gasteiger partial charge < -0.3 is 11.1 Å². The summed E-state index contributed by atoms with van der Waals surface area (Å²) in [6.45, 7) is 4.95. The Balaban J connectivity index is 2.07. The van der Waals surface area contributed by atoms with Crippen molar-refractivity contribution in [1.82, 2.24) is 0 Å². The van der Waals surface area contributed by atoms with Crippen molar-refractivity contribution in [3.63, 3.8) is 0 Å². The van der Waals surface area contributed by atoms with Crippen molar-refractivity contribution in [2.75, 3.05) is 11.1 Å². The summed E-state index contributed by atoms with van der Waals surface area (Å²) >= 11 is 0. The van der Waals surface area contributed by atoms with Crippen LogP contribution in [0.5, 0.6) is 0 Å². The third-order valence-electron chi connectivity index (χ3n) is 2.98. The third-order valence-corrected chi connectivity index (χ3v) is 2.98. The highest BCUT2D eigenvalue weighted by atomic mass is 14.9. The van der Waals surface area contributed by atoms with Crippen LogP contribution in [0.1, 0.15) is 16.7 Å². The van der Waals surface area contributed by atoms with Crippen LogP contribution >= 0.6 is 0 Å². The molecule has 0 unspecified atom stereocenters. The fourth-order valence-electron chi connectivity index (χ4n) is 1.75. The molecule has 0 saturated heterocycles. The molecule has 0 aliphatic rings. The summed E-state index contributed by atoms with van der Waals surface area (Å²) in [6, 6.07) is 14.5. The Morgan fingerprint density at radius 3 is 2.41 bits per heavy atom. The average Bonchev–Trinajstić information content (AvgIpc) is 2.33. The van der Waals surface area contributed by atoms with Gasteiger partial charge in [-0.15, -0.1) is 0 Å². The van der Waals surface area contributed by atoms with Crippen molar-refractivity contribution in [3.8, 4) is 0 Å². The largest absolute Gasteiger partial charge is 0.398 e. The molecule has 0 spiro atoms. The van der Waals surface area contributed by atoms with Crippen LogP contribution in [0, 0.1) is 13.8 Å². The highest BCUT2D eigenvalue weighted by Crippen LogP contribution is 2.21. The van der Waals surface area contributed by atoms with E-state index in [4.69, 9.17) is 5.73 Å². The molecule has 2 aromatic rings. The van der Waals surface area contributed by atoms with E-state index in [2.05, 4.69) is 42.6 Å². The summed E-state index contributed by atoms with van der Waals surface area (Å²) in [7, 11) is 0. The van der Waals surface area contributed by atoms with E-state index in [1.54, 1.807) is 0 Å². The molecule has 0 atom stereocenters. The number of hydrogen-bond acceptors (Lipinski definition) is 2. The predicted molar refractivity (Wildman–Crippen MR) is 74.1 cm³/mol. The summed E-state index contributed by atoms with van der Waals surface area (Å²) in [4.78, 5) is 0. The predicted octanol–water partition coefficient (Wildman–Crippen LogP) is 3.50. The SMILES string of the molecule is Cc1ccc(CNc2cccc(N)c2C)cc1. The first-order chi connectivity index (χ1) is 8.16. The fraction of sp³-hybridized carbons (Fsp3) is 0.200. The molecular formula is C15H18N2. The summed E-state index contributed by atoms with van der Waals surface area (Å²) in [5.74, 6) is 0. The van der Waals surface area contributed by atoms with Gasteiger partial charge in [0.05, 0.1) is 0 Å². The molecule has 0 fully saturated rings. The molecule has 2 rings (SSSR count). The zero-order valence-electron chi connectivity index (χ0n) is 10.3. The molecule has 17 heavy (non-hydrogen) atoms. The molecule has 0 bridgehead atoms. The van der Waals surface area contributed by atoms with E-state index in [1.807, 2.05) is 19.1 Å². The minimum atomic E-state index is 0.824. The maximum atomic E-state index is 5.87. The normalized spacial score (nSPS) is 10.2. The van der Waals surface area contributed by atoms with E-state index >= 15 is 0 Å². The lowest BCUT2D eigenvalue weighted by Gasteiger charge is -2.11. The van der Waals surface area contributed by atoms with Crippen LogP contribution in [-0.4, -0.2) is 0 Å². The number of hydrogen-bond donors (Lipinski definition) is 2. The molecule has 0 aliphatic heterocycles. The molecule has 0 aliphatic carbocycles. The van der Waals surface area contributed by atoms with Crippen LogP contribution in [0.4, 0.5) is 11.4 Å². The molecule has 0 amide bonds. The third kappa shape index (κ3) is 2.78. The van der Waals surface area contributed by atoms with Crippen LogP contribution < -0.4 is 11.1 Å². The van der Waals surface area contributed by atoms with Crippen LogP contribution in [0.3, 0.4) is 0 Å². The van der Waals surface area contributed by atoms with Gasteiger partial charge >= 0.3 is 0 Å². The second-order valence-corrected chi connectivity index (χ2v) is 4.36. The van der Waals surface area contributed by atoms with Crippen LogP contribution in [-0.2, 0) is 6.54 Å². The number of nitrogens with one attached hydrogen (secondary N) is 1. The van der Waals surface area contributed by atoms with Crippen molar-refractivity contribution in [3.05, 3.63) is 59.2 Å². The zero-order valence-corrected chi connectivity index (χ0v) is 10.3. The van der Waals surface area contributed by atoms with Gasteiger partial charge in [0.2, 0.25) is 0 Å². The fourth-order valence-corrected chi connectivity index (χ4v) is 1.75.